The molecule has 1 saturated heterocycles. The number of aliphatic hydroxyl groups is 2. The lowest BCUT2D eigenvalue weighted by Crippen LogP contribution is -2.37. The zero-order chi connectivity index (χ0) is 20.1. The van der Waals surface area contributed by atoms with Crippen molar-refractivity contribution in [3.05, 3.63) is 47.0 Å². The van der Waals surface area contributed by atoms with Crippen molar-refractivity contribution in [2.75, 3.05) is 19.6 Å². The first-order valence-corrected chi connectivity index (χ1v) is 10.7. The molecule has 0 radical (unpaired) electrons. The molecule has 3 aromatic rings. The van der Waals surface area contributed by atoms with Crippen LogP contribution in [0.3, 0.4) is 0 Å². The van der Waals surface area contributed by atoms with Crippen molar-refractivity contribution in [3.8, 4) is 0 Å². The summed E-state index contributed by atoms with van der Waals surface area (Å²) < 4.78 is 2.37. The molecule has 0 spiro atoms. The number of benzene rings is 2. The van der Waals surface area contributed by atoms with Crippen LogP contribution in [0, 0.1) is 0 Å². The van der Waals surface area contributed by atoms with Gasteiger partial charge in [-0.05, 0) is 61.6 Å². The summed E-state index contributed by atoms with van der Waals surface area (Å²) in [5.41, 5.74) is 5.27. The van der Waals surface area contributed by atoms with Crippen molar-refractivity contribution in [2.24, 2.45) is 0 Å². The van der Waals surface area contributed by atoms with Crippen molar-refractivity contribution >= 4 is 27.6 Å². The van der Waals surface area contributed by atoms with Gasteiger partial charge in [0.25, 0.3) is 0 Å². The smallest absolute Gasteiger partial charge is 0.163 e. The van der Waals surface area contributed by atoms with Gasteiger partial charge in [0.1, 0.15) is 0 Å². The van der Waals surface area contributed by atoms with Gasteiger partial charge in [-0.25, -0.2) is 0 Å². The van der Waals surface area contributed by atoms with E-state index in [4.69, 9.17) is 0 Å². The highest BCUT2D eigenvalue weighted by Crippen LogP contribution is 2.38. The van der Waals surface area contributed by atoms with Gasteiger partial charge in [-0.3, -0.25) is 4.79 Å². The van der Waals surface area contributed by atoms with Gasteiger partial charge >= 0.3 is 0 Å². The maximum Gasteiger partial charge on any atom is 0.163 e. The molecule has 1 aliphatic heterocycles. The van der Waals surface area contributed by atoms with Gasteiger partial charge in [0, 0.05) is 60.0 Å². The Morgan fingerprint density at radius 2 is 1.83 bits per heavy atom. The summed E-state index contributed by atoms with van der Waals surface area (Å²) in [5.74, 6) is 0.237. The number of rotatable bonds is 4. The Morgan fingerprint density at radius 1 is 1.07 bits per heavy atom. The van der Waals surface area contributed by atoms with Crippen LogP contribution in [0.1, 0.15) is 53.8 Å². The van der Waals surface area contributed by atoms with Crippen LogP contribution in [-0.4, -0.2) is 51.2 Å². The van der Waals surface area contributed by atoms with E-state index in [0.717, 1.165) is 67.5 Å². The molecule has 2 aromatic carbocycles. The van der Waals surface area contributed by atoms with Crippen molar-refractivity contribution in [2.45, 2.75) is 51.4 Å². The molecule has 0 saturated carbocycles. The number of piperidine rings is 1. The van der Waals surface area contributed by atoms with Crippen LogP contribution in [0.4, 0.5) is 0 Å². The Labute approximate surface area is 170 Å². The fourth-order valence-electron chi connectivity index (χ4n) is 5.06. The first-order chi connectivity index (χ1) is 14.0. The minimum Gasteiger partial charge on any atom is -0.393 e. The second kappa shape index (κ2) is 7.24. The SMILES string of the molecule is CC(O)c1ccc2c(c1)c1c3c(ccc1n2CCN1CCC(O)CC1)C(=O)CC3. The summed E-state index contributed by atoms with van der Waals surface area (Å²) in [6.45, 7) is 5.48. The fraction of sp³-hybridized carbons (Fsp3) is 0.458. The molecular formula is C24H28N2O3. The predicted molar refractivity (Wildman–Crippen MR) is 114 cm³/mol. The van der Waals surface area contributed by atoms with E-state index < -0.39 is 6.10 Å². The number of Topliss-reactive ketones (excluding diaryl/α,β-unsaturated/α-hetero) is 1. The molecule has 0 bridgehead atoms. The molecule has 5 nitrogen and oxygen atoms in total. The molecule has 1 aromatic heterocycles. The number of nitrogens with zero attached hydrogens (tertiary/aromatic N) is 2. The zero-order valence-corrected chi connectivity index (χ0v) is 16.9. The summed E-state index contributed by atoms with van der Waals surface area (Å²) in [7, 11) is 0. The van der Waals surface area contributed by atoms with Crippen LogP contribution in [0.15, 0.2) is 30.3 Å². The first kappa shape index (κ1) is 18.8. The standard InChI is InChI=1S/C24H28N2O3/c1-15(27)16-2-5-21-20(14-16)24-19-4-7-23(29)18(19)3-6-22(24)26(21)13-12-25-10-8-17(28)9-11-25/h2-3,5-6,14-15,17,27-28H,4,7-13H2,1H3. The molecule has 152 valence electrons. The van der Waals surface area contributed by atoms with Gasteiger partial charge < -0.3 is 19.7 Å². The summed E-state index contributed by atoms with van der Waals surface area (Å²) >= 11 is 0. The van der Waals surface area contributed by atoms with Crippen LogP contribution < -0.4 is 0 Å². The quantitative estimate of drug-likeness (QED) is 0.714. The molecule has 1 aliphatic carbocycles. The minimum absolute atomic E-state index is 0.154. The zero-order valence-electron chi connectivity index (χ0n) is 16.9. The Morgan fingerprint density at radius 3 is 2.59 bits per heavy atom. The van der Waals surface area contributed by atoms with E-state index in [9.17, 15) is 15.0 Å². The number of aromatic nitrogens is 1. The van der Waals surface area contributed by atoms with Crippen LogP contribution >= 0.6 is 0 Å². The highest BCUT2D eigenvalue weighted by atomic mass is 16.3. The van der Waals surface area contributed by atoms with Gasteiger partial charge in [-0.15, -0.1) is 0 Å². The van der Waals surface area contributed by atoms with E-state index in [2.05, 4.69) is 27.7 Å². The summed E-state index contributed by atoms with van der Waals surface area (Å²) in [5, 5.41) is 22.2. The third-order valence-corrected chi connectivity index (χ3v) is 6.74. The van der Waals surface area contributed by atoms with Crippen LogP contribution in [0.2, 0.25) is 0 Å². The first-order valence-electron chi connectivity index (χ1n) is 10.7. The van der Waals surface area contributed by atoms with Crippen LogP contribution in [0.25, 0.3) is 21.8 Å². The topological polar surface area (TPSA) is 65.7 Å². The highest BCUT2D eigenvalue weighted by molar-refractivity contribution is 6.15. The van der Waals surface area contributed by atoms with E-state index >= 15 is 0 Å². The predicted octanol–water partition coefficient (Wildman–Crippen LogP) is 3.43. The maximum atomic E-state index is 12.3. The molecule has 29 heavy (non-hydrogen) atoms. The van der Waals surface area contributed by atoms with Crippen molar-refractivity contribution in [1.29, 1.82) is 0 Å². The number of fused-ring (bicyclic) bond motifs is 5. The van der Waals surface area contributed by atoms with E-state index in [1.54, 1.807) is 6.92 Å². The number of ketones is 1. The largest absolute Gasteiger partial charge is 0.393 e. The number of carbonyl (C=O) groups excluding carboxylic acids is 1. The van der Waals surface area contributed by atoms with E-state index in [-0.39, 0.29) is 11.9 Å². The number of likely N-dealkylation sites (tertiary alicyclic amines) is 1. The normalized spacial score (nSPS) is 19.3. The summed E-state index contributed by atoms with van der Waals surface area (Å²) in [6.07, 6.45) is 2.41. The lowest BCUT2D eigenvalue weighted by molar-refractivity contribution is 0.0813. The number of hydrogen-bond acceptors (Lipinski definition) is 4. The Hall–Kier alpha value is -2.21. The average Bonchev–Trinajstić information content (AvgIpc) is 3.25. The van der Waals surface area contributed by atoms with Crippen molar-refractivity contribution < 1.29 is 15.0 Å². The second-order valence-corrected chi connectivity index (χ2v) is 8.59. The monoisotopic (exact) mass is 392 g/mol. The van der Waals surface area contributed by atoms with E-state index in [1.807, 2.05) is 12.1 Å². The highest BCUT2D eigenvalue weighted by Gasteiger charge is 2.25. The molecule has 1 atom stereocenters. The lowest BCUT2D eigenvalue weighted by atomic mass is 10.0. The molecule has 1 fully saturated rings. The third kappa shape index (κ3) is 3.18. The number of aliphatic hydroxyl groups excluding tert-OH is 2. The molecule has 5 rings (SSSR count). The van der Waals surface area contributed by atoms with Crippen LogP contribution in [0.5, 0.6) is 0 Å². The molecular weight excluding hydrogens is 364 g/mol. The van der Waals surface area contributed by atoms with Gasteiger partial charge in [0.05, 0.1) is 12.2 Å². The Kier molecular flexibility index (Phi) is 4.69. The molecule has 0 amide bonds. The molecule has 2 aliphatic rings. The van der Waals surface area contributed by atoms with Crippen LogP contribution in [-0.2, 0) is 13.0 Å². The number of aryl methyl sites for hydroxylation is 1. The van der Waals surface area contributed by atoms with Crippen molar-refractivity contribution in [1.82, 2.24) is 9.47 Å². The molecule has 5 heteroatoms. The minimum atomic E-state index is -0.518. The molecule has 1 unspecified atom stereocenters. The maximum absolute atomic E-state index is 12.3. The molecule has 2 heterocycles. The fourth-order valence-corrected chi connectivity index (χ4v) is 5.06. The Bertz CT molecular complexity index is 1090. The van der Waals surface area contributed by atoms with Gasteiger partial charge in [0.15, 0.2) is 5.78 Å². The number of hydrogen-bond donors (Lipinski definition) is 2. The third-order valence-electron chi connectivity index (χ3n) is 6.74. The van der Waals surface area contributed by atoms with E-state index in [1.165, 1.54) is 16.5 Å². The van der Waals surface area contributed by atoms with Crippen molar-refractivity contribution in [3.63, 3.8) is 0 Å². The number of carbonyl (C=O) groups is 1. The average molecular weight is 392 g/mol. The molecule has 2 N–H and O–H groups in total. The van der Waals surface area contributed by atoms with Gasteiger partial charge in [0.2, 0.25) is 0 Å². The summed E-state index contributed by atoms with van der Waals surface area (Å²) in [4.78, 5) is 14.7. The lowest BCUT2D eigenvalue weighted by Gasteiger charge is -2.29. The van der Waals surface area contributed by atoms with Gasteiger partial charge in [-0.2, -0.15) is 0 Å². The second-order valence-electron chi connectivity index (χ2n) is 8.59. The van der Waals surface area contributed by atoms with E-state index in [0.29, 0.717) is 6.42 Å². The summed E-state index contributed by atoms with van der Waals surface area (Å²) in [6, 6.07) is 10.3. The Balaban J connectivity index is 1.61. The van der Waals surface area contributed by atoms with Gasteiger partial charge in [-0.1, -0.05) is 6.07 Å².